The Labute approximate surface area is 164 Å². The molecule has 2 nitrogen and oxygen atoms in total. The molecule has 1 aromatic carbocycles. The van der Waals surface area contributed by atoms with E-state index < -0.39 is 0 Å². The minimum atomic E-state index is -0.280. The summed E-state index contributed by atoms with van der Waals surface area (Å²) in [5.41, 5.74) is 8.93. The van der Waals surface area contributed by atoms with Gasteiger partial charge >= 0.3 is 5.97 Å². The highest BCUT2D eigenvalue weighted by Gasteiger charge is 2.37. The lowest BCUT2D eigenvalue weighted by molar-refractivity contribution is -0.134. The van der Waals surface area contributed by atoms with Crippen LogP contribution >= 0.6 is 0 Å². The molecule has 0 bridgehead atoms. The molecular formula is C25H34O2. The second-order valence-corrected chi connectivity index (χ2v) is 9.55. The summed E-state index contributed by atoms with van der Waals surface area (Å²) < 4.78 is 4.78. The number of hydrogen-bond donors (Lipinski definition) is 0. The predicted molar refractivity (Wildman–Crippen MR) is 113 cm³/mol. The molecule has 1 aromatic rings. The molecule has 0 atom stereocenters. The van der Waals surface area contributed by atoms with Gasteiger partial charge in [-0.05, 0) is 89.7 Å². The average molecular weight is 367 g/mol. The van der Waals surface area contributed by atoms with Crippen molar-refractivity contribution in [3.63, 3.8) is 0 Å². The lowest BCUT2D eigenvalue weighted by Crippen LogP contribution is -2.34. The molecule has 0 saturated carbocycles. The first-order valence-corrected chi connectivity index (χ1v) is 10.3. The van der Waals surface area contributed by atoms with Crippen LogP contribution in [-0.2, 0) is 20.4 Å². The van der Waals surface area contributed by atoms with Crippen LogP contribution in [0.3, 0.4) is 0 Å². The SMILES string of the molecule is COC(=O)/C=C/C1=C(c2cc3c(cc2C)C(C)(C)CCC3(C)C)CCCC1. The van der Waals surface area contributed by atoms with Crippen molar-refractivity contribution in [2.75, 3.05) is 7.11 Å². The minimum Gasteiger partial charge on any atom is -0.466 e. The summed E-state index contributed by atoms with van der Waals surface area (Å²) >= 11 is 0. The number of aryl methyl sites for hydroxylation is 1. The van der Waals surface area contributed by atoms with E-state index in [1.54, 1.807) is 6.08 Å². The van der Waals surface area contributed by atoms with E-state index in [2.05, 4.69) is 46.8 Å². The summed E-state index contributed by atoms with van der Waals surface area (Å²) in [6, 6.07) is 4.91. The summed E-state index contributed by atoms with van der Waals surface area (Å²) in [7, 11) is 1.43. The van der Waals surface area contributed by atoms with E-state index in [1.165, 1.54) is 66.2 Å². The number of ether oxygens (including phenoxy) is 1. The van der Waals surface area contributed by atoms with E-state index in [4.69, 9.17) is 4.74 Å². The van der Waals surface area contributed by atoms with Crippen LogP contribution in [0.25, 0.3) is 5.57 Å². The number of fused-ring (bicyclic) bond motifs is 1. The Morgan fingerprint density at radius 1 is 1.00 bits per heavy atom. The Morgan fingerprint density at radius 3 is 2.22 bits per heavy atom. The zero-order chi connectivity index (χ0) is 19.8. The maximum Gasteiger partial charge on any atom is 0.330 e. The Kier molecular flexibility index (Phi) is 5.38. The van der Waals surface area contributed by atoms with Crippen LogP contribution in [0.4, 0.5) is 0 Å². The molecule has 0 N–H and O–H groups in total. The van der Waals surface area contributed by atoms with Gasteiger partial charge in [-0.1, -0.05) is 45.9 Å². The van der Waals surface area contributed by atoms with Crippen LogP contribution in [0.15, 0.2) is 29.9 Å². The predicted octanol–water partition coefficient (Wildman–Crippen LogP) is 6.40. The van der Waals surface area contributed by atoms with E-state index in [0.717, 1.165) is 12.8 Å². The number of hydrogen-bond acceptors (Lipinski definition) is 2. The third-order valence-corrected chi connectivity index (χ3v) is 6.66. The van der Waals surface area contributed by atoms with Gasteiger partial charge in [-0.25, -0.2) is 4.79 Å². The van der Waals surface area contributed by atoms with Gasteiger partial charge in [0.2, 0.25) is 0 Å². The zero-order valence-electron chi connectivity index (χ0n) is 17.9. The van der Waals surface area contributed by atoms with Crippen LogP contribution in [-0.4, -0.2) is 13.1 Å². The molecule has 0 unspecified atom stereocenters. The molecule has 146 valence electrons. The number of carbonyl (C=O) groups is 1. The van der Waals surface area contributed by atoms with E-state index in [-0.39, 0.29) is 16.8 Å². The molecule has 0 aromatic heterocycles. The van der Waals surface area contributed by atoms with Crippen molar-refractivity contribution in [1.82, 2.24) is 0 Å². The van der Waals surface area contributed by atoms with Gasteiger partial charge in [-0.3, -0.25) is 0 Å². The summed E-state index contributed by atoms with van der Waals surface area (Å²) in [4.78, 5) is 11.6. The number of rotatable bonds is 3. The summed E-state index contributed by atoms with van der Waals surface area (Å²) in [6.45, 7) is 11.8. The summed E-state index contributed by atoms with van der Waals surface area (Å²) in [5, 5.41) is 0. The van der Waals surface area contributed by atoms with Crippen molar-refractivity contribution in [2.24, 2.45) is 0 Å². The summed E-state index contributed by atoms with van der Waals surface area (Å²) in [6.07, 6.45) is 10.5. The van der Waals surface area contributed by atoms with Gasteiger partial charge in [0, 0.05) is 6.08 Å². The second kappa shape index (κ2) is 7.30. The number of methoxy groups -OCH3 is 1. The molecular weight excluding hydrogens is 332 g/mol. The molecule has 0 fully saturated rings. The van der Waals surface area contributed by atoms with Crippen molar-refractivity contribution in [1.29, 1.82) is 0 Å². The van der Waals surface area contributed by atoms with E-state index >= 15 is 0 Å². The van der Waals surface area contributed by atoms with Crippen LogP contribution in [0.5, 0.6) is 0 Å². The first-order chi connectivity index (χ1) is 12.7. The fourth-order valence-electron chi connectivity index (χ4n) is 4.70. The van der Waals surface area contributed by atoms with E-state index in [9.17, 15) is 4.79 Å². The Hall–Kier alpha value is -1.83. The lowest BCUT2D eigenvalue weighted by atomic mass is 9.62. The van der Waals surface area contributed by atoms with Gasteiger partial charge in [0.05, 0.1) is 7.11 Å². The zero-order valence-corrected chi connectivity index (χ0v) is 17.9. The number of esters is 1. The topological polar surface area (TPSA) is 26.3 Å². The van der Waals surface area contributed by atoms with Crippen molar-refractivity contribution < 1.29 is 9.53 Å². The molecule has 2 aliphatic rings. The smallest absolute Gasteiger partial charge is 0.330 e. The summed E-state index contributed by atoms with van der Waals surface area (Å²) in [5.74, 6) is -0.280. The van der Waals surface area contributed by atoms with Crippen LogP contribution in [0.1, 0.15) is 88.5 Å². The van der Waals surface area contributed by atoms with Crippen molar-refractivity contribution in [2.45, 2.75) is 84.0 Å². The highest BCUT2D eigenvalue weighted by atomic mass is 16.5. The maximum absolute atomic E-state index is 11.6. The van der Waals surface area contributed by atoms with Crippen molar-refractivity contribution in [3.05, 3.63) is 52.1 Å². The number of carbonyl (C=O) groups excluding carboxylic acids is 1. The second-order valence-electron chi connectivity index (χ2n) is 9.55. The molecule has 0 amide bonds. The van der Waals surface area contributed by atoms with E-state index in [0.29, 0.717) is 0 Å². The fraction of sp³-hybridized carbons (Fsp3) is 0.560. The molecule has 2 aliphatic carbocycles. The molecule has 0 saturated heterocycles. The molecule has 27 heavy (non-hydrogen) atoms. The van der Waals surface area contributed by atoms with Crippen LogP contribution < -0.4 is 0 Å². The van der Waals surface area contributed by atoms with Crippen molar-refractivity contribution in [3.8, 4) is 0 Å². The molecule has 2 heteroatoms. The van der Waals surface area contributed by atoms with Gasteiger partial charge in [-0.15, -0.1) is 0 Å². The first-order valence-electron chi connectivity index (χ1n) is 10.3. The highest BCUT2D eigenvalue weighted by molar-refractivity contribution is 5.84. The molecule has 0 aliphatic heterocycles. The van der Waals surface area contributed by atoms with Crippen molar-refractivity contribution >= 4 is 11.5 Å². The largest absolute Gasteiger partial charge is 0.466 e. The van der Waals surface area contributed by atoms with Crippen LogP contribution in [0, 0.1) is 6.92 Å². The third-order valence-electron chi connectivity index (χ3n) is 6.66. The maximum atomic E-state index is 11.6. The highest BCUT2D eigenvalue weighted by Crippen LogP contribution is 2.48. The Bertz CT molecular complexity index is 806. The lowest BCUT2D eigenvalue weighted by Gasteiger charge is -2.42. The van der Waals surface area contributed by atoms with Gasteiger partial charge in [-0.2, -0.15) is 0 Å². The average Bonchev–Trinajstić information content (AvgIpc) is 2.63. The normalized spacial score (nSPS) is 21.3. The quantitative estimate of drug-likeness (QED) is 0.457. The first kappa shape index (κ1) is 19.9. The van der Waals surface area contributed by atoms with Gasteiger partial charge in [0.25, 0.3) is 0 Å². The number of benzene rings is 1. The number of allylic oxidation sites excluding steroid dienone is 3. The minimum absolute atomic E-state index is 0.213. The van der Waals surface area contributed by atoms with E-state index in [1.807, 2.05) is 6.08 Å². The van der Waals surface area contributed by atoms with Gasteiger partial charge < -0.3 is 4.74 Å². The Balaban J connectivity index is 2.14. The molecule has 0 radical (unpaired) electrons. The third kappa shape index (κ3) is 3.90. The Morgan fingerprint density at radius 2 is 1.59 bits per heavy atom. The van der Waals surface area contributed by atoms with Gasteiger partial charge in [0.1, 0.15) is 0 Å². The molecule has 0 spiro atoms. The molecule has 3 rings (SSSR count). The van der Waals surface area contributed by atoms with Crippen LogP contribution in [0.2, 0.25) is 0 Å². The monoisotopic (exact) mass is 366 g/mol. The standard InChI is InChI=1S/C25H34O2/c1-17-15-21-22(25(4,5)14-13-24(21,2)3)16-20(17)19-10-8-7-9-18(19)11-12-23(26)27-6/h11-12,15-16H,7-10,13-14H2,1-6H3/b12-11+. The van der Waals surface area contributed by atoms with Gasteiger partial charge in [0.15, 0.2) is 0 Å². The fourth-order valence-corrected chi connectivity index (χ4v) is 4.70. The molecule has 0 heterocycles.